The van der Waals surface area contributed by atoms with E-state index in [0.717, 1.165) is 25.4 Å². The van der Waals surface area contributed by atoms with Crippen LogP contribution in [0.3, 0.4) is 0 Å². The van der Waals surface area contributed by atoms with Gasteiger partial charge in [-0.3, -0.25) is 4.18 Å². The Morgan fingerprint density at radius 2 is 1.17 bits per heavy atom. The third kappa shape index (κ3) is 16.7. The second kappa shape index (κ2) is 10.1. The van der Waals surface area contributed by atoms with Gasteiger partial charge in [0.1, 0.15) is 0 Å². The number of rotatable bonds is 2. The molecular formula is C12H25ClO8S2. The highest BCUT2D eigenvalue weighted by Gasteiger charge is 2.26. The topological polar surface area (TPSA) is 138 Å². The van der Waals surface area contributed by atoms with E-state index in [-0.39, 0.29) is 24.4 Å². The number of hydrogen-bond acceptors (Lipinski definition) is 8. The van der Waals surface area contributed by atoms with Crippen molar-refractivity contribution in [3.05, 3.63) is 0 Å². The molecule has 2 aliphatic carbocycles. The lowest BCUT2D eigenvalue weighted by Gasteiger charge is -2.07. The van der Waals surface area contributed by atoms with Gasteiger partial charge in [0.2, 0.25) is 9.05 Å². The second-order valence-corrected chi connectivity index (χ2v) is 10.3. The lowest BCUT2D eigenvalue weighted by molar-refractivity contribution is 0.137. The molecule has 23 heavy (non-hydrogen) atoms. The average Bonchev–Trinajstić information content (AvgIpc) is 2.84. The standard InChI is InChI=1S/C6H12O4S.C5H10O2.CH3ClO2S/c1-11(8,9)10-6-3-2-5(7)4-6;6-4-1-2-5(7)3-4;1-5(2,3)4/h5-7H,2-4H2,1H3;4-7H,1-3H2;1H3. The highest BCUT2D eigenvalue weighted by molar-refractivity contribution is 8.13. The molecule has 0 amide bonds. The van der Waals surface area contributed by atoms with Gasteiger partial charge in [-0.25, -0.2) is 8.42 Å². The largest absolute Gasteiger partial charge is 0.393 e. The van der Waals surface area contributed by atoms with Crippen LogP contribution >= 0.6 is 10.7 Å². The zero-order valence-corrected chi connectivity index (χ0v) is 15.5. The summed E-state index contributed by atoms with van der Waals surface area (Å²) < 4.78 is 44.7. The molecule has 0 aromatic heterocycles. The highest BCUT2D eigenvalue weighted by atomic mass is 35.7. The van der Waals surface area contributed by atoms with Crippen LogP contribution in [-0.4, -0.2) is 69.1 Å². The van der Waals surface area contributed by atoms with Crippen LogP contribution in [0.15, 0.2) is 0 Å². The number of hydrogen-bond donors (Lipinski definition) is 3. The summed E-state index contributed by atoms with van der Waals surface area (Å²) >= 11 is 0. The molecule has 2 rings (SSSR count). The molecule has 3 N–H and O–H groups in total. The van der Waals surface area contributed by atoms with Crippen molar-refractivity contribution in [2.75, 3.05) is 12.5 Å². The van der Waals surface area contributed by atoms with Crippen molar-refractivity contribution in [1.82, 2.24) is 0 Å². The van der Waals surface area contributed by atoms with Crippen LogP contribution < -0.4 is 0 Å². The Kier molecular flexibility index (Phi) is 10.1. The van der Waals surface area contributed by atoms with Crippen LogP contribution in [0.4, 0.5) is 0 Å². The van der Waals surface area contributed by atoms with Gasteiger partial charge >= 0.3 is 0 Å². The minimum Gasteiger partial charge on any atom is -0.393 e. The number of aliphatic hydroxyl groups is 3. The first kappa shape index (κ1) is 23.0. The van der Waals surface area contributed by atoms with Gasteiger partial charge in [-0.05, 0) is 32.1 Å². The van der Waals surface area contributed by atoms with Crippen LogP contribution in [-0.2, 0) is 23.4 Å². The van der Waals surface area contributed by atoms with Crippen molar-refractivity contribution < 1.29 is 36.3 Å². The molecule has 4 atom stereocenters. The van der Waals surface area contributed by atoms with Crippen LogP contribution in [0.2, 0.25) is 0 Å². The maximum absolute atomic E-state index is 10.6. The van der Waals surface area contributed by atoms with Gasteiger partial charge in [0.25, 0.3) is 10.1 Å². The summed E-state index contributed by atoms with van der Waals surface area (Å²) in [6.07, 6.45) is 4.66. The molecule has 140 valence electrons. The Hall–Kier alpha value is 0.0300. The Morgan fingerprint density at radius 1 is 0.826 bits per heavy atom. The molecule has 0 aromatic rings. The summed E-state index contributed by atoms with van der Waals surface area (Å²) in [7, 11) is -2.03. The molecular weight excluding hydrogens is 372 g/mol. The molecule has 2 saturated carbocycles. The monoisotopic (exact) mass is 396 g/mol. The van der Waals surface area contributed by atoms with Crippen molar-refractivity contribution in [2.45, 2.75) is 62.9 Å². The lowest BCUT2D eigenvalue weighted by Crippen LogP contribution is -2.14. The summed E-state index contributed by atoms with van der Waals surface area (Å²) in [4.78, 5) is 0. The minimum atomic E-state index is -3.34. The molecule has 8 nitrogen and oxygen atoms in total. The first-order valence-corrected chi connectivity index (χ1v) is 11.6. The smallest absolute Gasteiger partial charge is 0.264 e. The van der Waals surface area contributed by atoms with Gasteiger partial charge in [-0.2, -0.15) is 8.42 Å². The Labute approximate surface area is 142 Å². The summed E-state index contributed by atoms with van der Waals surface area (Å²) in [5, 5.41) is 26.5. The first-order valence-electron chi connectivity index (χ1n) is 7.08. The third-order valence-electron chi connectivity index (χ3n) is 3.04. The molecule has 4 unspecified atom stereocenters. The predicted molar refractivity (Wildman–Crippen MR) is 86.1 cm³/mol. The van der Waals surface area contributed by atoms with E-state index < -0.39 is 19.2 Å². The summed E-state index contributed by atoms with van der Waals surface area (Å²) in [6, 6.07) is 0. The number of halogens is 1. The van der Waals surface area contributed by atoms with Crippen molar-refractivity contribution in [3.8, 4) is 0 Å². The van der Waals surface area contributed by atoms with Crippen LogP contribution in [0.5, 0.6) is 0 Å². The number of aliphatic hydroxyl groups excluding tert-OH is 3. The van der Waals surface area contributed by atoms with E-state index in [4.69, 9.17) is 15.3 Å². The van der Waals surface area contributed by atoms with Crippen molar-refractivity contribution >= 4 is 29.9 Å². The molecule has 0 spiro atoms. The minimum absolute atomic E-state index is 0.227. The summed E-state index contributed by atoms with van der Waals surface area (Å²) in [5.41, 5.74) is 0. The van der Waals surface area contributed by atoms with Gasteiger partial charge in [0.15, 0.2) is 0 Å². The quantitative estimate of drug-likeness (QED) is 0.436. The van der Waals surface area contributed by atoms with E-state index in [1.165, 1.54) is 0 Å². The molecule has 2 aliphatic rings. The van der Waals surface area contributed by atoms with Crippen molar-refractivity contribution in [3.63, 3.8) is 0 Å². The zero-order valence-electron chi connectivity index (χ0n) is 13.1. The Bertz CT molecular complexity index is 517. The first-order chi connectivity index (χ1) is 10.3. The molecule has 0 radical (unpaired) electrons. The molecule has 0 aromatic carbocycles. The van der Waals surface area contributed by atoms with Crippen molar-refractivity contribution in [1.29, 1.82) is 0 Å². The SMILES string of the molecule is CS(=O)(=O)Cl.CS(=O)(=O)OC1CCC(O)C1.OC1CCC(O)C1. The fraction of sp³-hybridized carbons (Fsp3) is 1.00. The van der Waals surface area contributed by atoms with E-state index in [2.05, 4.69) is 14.9 Å². The maximum atomic E-state index is 10.6. The molecule has 0 bridgehead atoms. The van der Waals surface area contributed by atoms with E-state index >= 15 is 0 Å². The second-order valence-electron chi connectivity index (χ2n) is 5.69. The summed E-state index contributed by atoms with van der Waals surface area (Å²) in [5.74, 6) is 0. The van der Waals surface area contributed by atoms with Gasteiger partial charge < -0.3 is 15.3 Å². The lowest BCUT2D eigenvalue weighted by atomic mass is 10.3. The average molecular weight is 397 g/mol. The zero-order chi connectivity index (χ0) is 18.3. The van der Waals surface area contributed by atoms with Crippen molar-refractivity contribution in [2.24, 2.45) is 0 Å². The van der Waals surface area contributed by atoms with Crippen LogP contribution in [0, 0.1) is 0 Å². The molecule has 0 heterocycles. The Morgan fingerprint density at radius 3 is 1.39 bits per heavy atom. The highest BCUT2D eigenvalue weighted by Crippen LogP contribution is 2.22. The molecule has 0 aliphatic heterocycles. The van der Waals surface area contributed by atoms with E-state index in [0.29, 0.717) is 25.7 Å². The maximum Gasteiger partial charge on any atom is 0.264 e. The van der Waals surface area contributed by atoms with E-state index in [1.54, 1.807) is 0 Å². The predicted octanol–water partition coefficient (Wildman–Crippen LogP) is -0.0471. The molecule has 11 heteroatoms. The normalized spacial score (nSPS) is 30.9. The molecule has 0 saturated heterocycles. The van der Waals surface area contributed by atoms with Gasteiger partial charge in [0.05, 0.1) is 36.9 Å². The fourth-order valence-corrected chi connectivity index (χ4v) is 2.86. The van der Waals surface area contributed by atoms with Gasteiger partial charge in [-0.15, -0.1) is 0 Å². The molecule has 2 fully saturated rings. The van der Waals surface area contributed by atoms with Crippen LogP contribution in [0.25, 0.3) is 0 Å². The summed E-state index contributed by atoms with van der Waals surface area (Å²) in [6.45, 7) is 0. The van der Waals surface area contributed by atoms with E-state index in [1.807, 2.05) is 0 Å². The Balaban J connectivity index is 0.000000347. The van der Waals surface area contributed by atoms with E-state index in [9.17, 15) is 16.8 Å². The van der Waals surface area contributed by atoms with Crippen LogP contribution in [0.1, 0.15) is 38.5 Å². The third-order valence-corrected chi connectivity index (χ3v) is 3.67. The van der Waals surface area contributed by atoms with Gasteiger partial charge in [-0.1, -0.05) is 0 Å². The fourth-order valence-electron chi connectivity index (χ4n) is 2.19. The van der Waals surface area contributed by atoms with Gasteiger partial charge in [0, 0.05) is 17.1 Å².